The molecule has 0 spiro atoms. The number of carbonyl (C=O) groups is 1. The van der Waals surface area contributed by atoms with Crippen LogP contribution >= 0.6 is 23.1 Å². The lowest BCUT2D eigenvalue weighted by Crippen LogP contribution is -1.97. The highest BCUT2D eigenvalue weighted by molar-refractivity contribution is 7.98. The van der Waals surface area contributed by atoms with Crippen molar-refractivity contribution in [1.82, 2.24) is 4.98 Å². The predicted molar refractivity (Wildman–Crippen MR) is 64.7 cm³/mol. The van der Waals surface area contributed by atoms with Crippen LogP contribution in [0.25, 0.3) is 0 Å². The van der Waals surface area contributed by atoms with E-state index in [9.17, 15) is 4.79 Å². The molecule has 0 aromatic carbocycles. The highest BCUT2D eigenvalue weighted by Gasteiger charge is 2.14. The van der Waals surface area contributed by atoms with Gasteiger partial charge in [0, 0.05) is 19.8 Å². The highest BCUT2D eigenvalue weighted by atomic mass is 32.2. The maximum Gasteiger partial charge on any atom is 0.171 e. The molecule has 1 heterocycles. The Bertz CT molecular complexity index is 336. The number of thiazole rings is 1. The van der Waals surface area contributed by atoms with Crippen LogP contribution in [0.15, 0.2) is 0 Å². The van der Waals surface area contributed by atoms with Crippen molar-refractivity contribution in [3.05, 3.63) is 15.6 Å². The van der Waals surface area contributed by atoms with Crippen LogP contribution in [0, 0.1) is 0 Å². The molecule has 0 unspecified atom stereocenters. The minimum Gasteiger partial charge on any atom is -0.378 e. The van der Waals surface area contributed by atoms with Gasteiger partial charge in [0.15, 0.2) is 5.78 Å². The average Bonchev–Trinajstić information content (AvgIpc) is 2.59. The lowest BCUT2D eigenvalue weighted by molar-refractivity contribution is 0.101. The second kappa shape index (κ2) is 6.25. The van der Waals surface area contributed by atoms with E-state index in [0.29, 0.717) is 6.61 Å². The molecule has 1 aromatic heterocycles. The second-order valence-electron chi connectivity index (χ2n) is 3.01. The van der Waals surface area contributed by atoms with Gasteiger partial charge in [0.2, 0.25) is 0 Å². The van der Waals surface area contributed by atoms with Crippen molar-refractivity contribution < 1.29 is 9.53 Å². The van der Waals surface area contributed by atoms with Crippen LogP contribution in [-0.2, 0) is 17.1 Å². The van der Waals surface area contributed by atoms with Crippen molar-refractivity contribution in [3.63, 3.8) is 0 Å². The van der Waals surface area contributed by atoms with E-state index in [4.69, 9.17) is 4.74 Å². The minimum atomic E-state index is 0.0762. The van der Waals surface area contributed by atoms with E-state index in [0.717, 1.165) is 27.1 Å². The molecule has 0 aliphatic rings. The first-order chi connectivity index (χ1) is 7.19. The van der Waals surface area contributed by atoms with E-state index in [1.165, 1.54) is 11.3 Å². The number of hydrogen-bond acceptors (Lipinski definition) is 5. The normalized spacial score (nSPS) is 10.6. The lowest BCUT2D eigenvalue weighted by atomic mass is 10.3. The Morgan fingerprint density at radius 2 is 2.33 bits per heavy atom. The van der Waals surface area contributed by atoms with Crippen LogP contribution < -0.4 is 0 Å². The molecule has 0 N–H and O–H groups in total. The average molecular weight is 245 g/mol. The molecule has 84 valence electrons. The van der Waals surface area contributed by atoms with Crippen molar-refractivity contribution >= 4 is 28.9 Å². The van der Waals surface area contributed by atoms with Crippen molar-refractivity contribution in [2.75, 3.05) is 12.9 Å². The zero-order valence-corrected chi connectivity index (χ0v) is 10.8. The van der Waals surface area contributed by atoms with Crippen LogP contribution in [-0.4, -0.2) is 23.6 Å². The highest BCUT2D eigenvalue weighted by Crippen LogP contribution is 2.23. The molecule has 15 heavy (non-hydrogen) atoms. The molecule has 0 saturated heterocycles. The SMILES string of the molecule is CCSCc1nc(COC)c(C(C)=O)s1. The van der Waals surface area contributed by atoms with Gasteiger partial charge < -0.3 is 4.74 Å². The number of rotatable bonds is 6. The third kappa shape index (κ3) is 3.59. The van der Waals surface area contributed by atoms with Gasteiger partial charge >= 0.3 is 0 Å². The van der Waals surface area contributed by atoms with Gasteiger partial charge in [-0.05, 0) is 5.75 Å². The molecule has 0 saturated carbocycles. The Balaban J connectivity index is 2.83. The van der Waals surface area contributed by atoms with Crippen molar-refractivity contribution in [2.24, 2.45) is 0 Å². The summed E-state index contributed by atoms with van der Waals surface area (Å²) in [4.78, 5) is 16.5. The van der Waals surface area contributed by atoms with Crippen LogP contribution in [0.3, 0.4) is 0 Å². The zero-order valence-electron chi connectivity index (χ0n) is 9.20. The summed E-state index contributed by atoms with van der Waals surface area (Å²) in [6.07, 6.45) is 0. The summed E-state index contributed by atoms with van der Waals surface area (Å²) < 4.78 is 5.02. The summed E-state index contributed by atoms with van der Waals surface area (Å²) in [7, 11) is 1.61. The van der Waals surface area contributed by atoms with Gasteiger partial charge in [0.25, 0.3) is 0 Å². The fourth-order valence-electron chi connectivity index (χ4n) is 1.16. The number of methoxy groups -OCH3 is 1. The van der Waals surface area contributed by atoms with Crippen molar-refractivity contribution in [2.45, 2.75) is 26.2 Å². The number of nitrogens with zero attached hydrogens (tertiary/aromatic N) is 1. The standard InChI is InChI=1S/C10H15NO2S2/c1-4-14-6-9-11-8(5-13-3)10(15-9)7(2)12/h4-6H2,1-3H3. The molecule has 0 atom stereocenters. The number of ether oxygens (including phenoxy) is 1. The summed E-state index contributed by atoms with van der Waals surface area (Å²) in [5.74, 6) is 2.02. The lowest BCUT2D eigenvalue weighted by Gasteiger charge is -1.95. The predicted octanol–water partition coefficient (Wildman–Crippen LogP) is 2.75. The van der Waals surface area contributed by atoms with E-state index in [1.54, 1.807) is 14.0 Å². The van der Waals surface area contributed by atoms with Crippen LogP contribution in [0.1, 0.15) is 34.2 Å². The summed E-state index contributed by atoms with van der Waals surface area (Å²) in [6.45, 7) is 4.10. The first-order valence-electron chi connectivity index (χ1n) is 4.75. The van der Waals surface area contributed by atoms with Crippen molar-refractivity contribution in [1.29, 1.82) is 0 Å². The Hall–Kier alpha value is -0.390. The molecule has 0 bridgehead atoms. The number of aromatic nitrogens is 1. The van der Waals surface area contributed by atoms with Crippen molar-refractivity contribution in [3.8, 4) is 0 Å². The number of Topliss-reactive ketones (excluding diaryl/α,β-unsaturated/α-hetero) is 1. The number of hydrogen-bond donors (Lipinski definition) is 0. The van der Waals surface area contributed by atoms with E-state index in [-0.39, 0.29) is 5.78 Å². The third-order valence-electron chi connectivity index (χ3n) is 1.77. The number of ketones is 1. The smallest absolute Gasteiger partial charge is 0.171 e. The molecule has 0 aliphatic carbocycles. The van der Waals surface area contributed by atoms with E-state index < -0.39 is 0 Å². The monoisotopic (exact) mass is 245 g/mol. The Morgan fingerprint density at radius 3 is 2.87 bits per heavy atom. The minimum absolute atomic E-state index is 0.0762. The molecule has 5 heteroatoms. The summed E-state index contributed by atoms with van der Waals surface area (Å²) in [5.41, 5.74) is 0.779. The molecular formula is C10H15NO2S2. The number of carbonyl (C=O) groups excluding carboxylic acids is 1. The Labute approximate surface area is 98.2 Å². The van der Waals surface area contributed by atoms with Gasteiger partial charge in [-0.1, -0.05) is 6.92 Å². The van der Waals surface area contributed by atoms with E-state index in [2.05, 4.69) is 11.9 Å². The van der Waals surface area contributed by atoms with Gasteiger partial charge in [-0.25, -0.2) is 4.98 Å². The zero-order chi connectivity index (χ0) is 11.3. The van der Waals surface area contributed by atoms with Gasteiger partial charge in [0.1, 0.15) is 5.01 Å². The molecule has 3 nitrogen and oxygen atoms in total. The van der Waals surface area contributed by atoms with E-state index in [1.807, 2.05) is 11.8 Å². The Morgan fingerprint density at radius 1 is 1.60 bits per heavy atom. The molecule has 0 fully saturated rings. The largest absolute Gasteiger partial charge is 0.378 e. The number of thioether (sulfide) groups is 1. The summed E-state index contributed by atoms with van der Waals surface area (Å²) in [5, 5.41) is 1.01. The first kappa shape index (κ1) is 12.7. The fraction of sp³-hybridized carbons (Fsp3) is 0.600. The molecule has 0 aliphatic heterocycles. The van der Waals surface area contributed by atoms with Gasteiger partial charge in [-0.3, -0.25) is 4.79 Å². The van der Waals surface area contributed by atoms with Crippen LogP contribution in [0.4, 0.5) is 0 Å². The first-order valence-corrected chi connectivity index (χ1v) is 6.72. The molecule has 0 radical (unpaired) electrons. The van der Waals surface area contributed by atoms with Gasteiger partial charge in [-0.15, -0.1) is 11.3 Å². The van der Waals surface area contributed by atoms with Crippen LogP contribution in [0.2, 0.25) is 0 Å². The third-order valence-corrected chi connectivity index (χ3v) is 4.04. The maximum atomic E-state index is 11.3. The summed E-state index contributed by atoms with van der Waals surface area (Å²) >= 11 is 3.29. The Kier molecular flexibility index (Phi) is 5.28. The maximum absolute atomic E-state index is 11.3. The topological polar surface area (TPSA) is 39.2 Å². The quantitative estimate of drug-likeness (QED) is 0.722. The second-order valence-corrected chi connectivity index (χ2v) is 5.37. The molecule has 1 aromatic rings. The molecule has 1 rings (SSSR count). The van der Waals surface area contributed by atoms with Gasteiger partial charge in [0.05, 0.1) is 17.2 Å². The van der Waals surface area contributed by atoms with Gasteiger partial charge in [-0.2, -0.15) is 11.8 Å². The van der Waals surface area contributed by atoms with E-state index >= 15 is 0 Å². The molecule has 0 amide bonds. The summed E-state index contributed by atoms with van der Waals surface area (Å²) in [6, 6.07) is 0. The fourth-order valence-corrected chi connectivity index (χ4v) is 2.85. The molecular weight excluding hydrogens is 230 g/mol. The van der Waals surface area contributed by atoms with Crippen LogP contribution in [0.5, 0.6) is 0 Å².